The van der Waals surface area contributed by atoms with Crippen molar-refractivity contribution in [1.82, 2.24) is 4.98 Å². The van der Waals surface area contributed by atoms with Gasteiger partial charge in [-0.1, -0.05) is 0 Å². The number of H-pyrrole nitrogens is 1. The second-order valence-electron chi connectivity index (χ2n) is 5.42. The molecule has 0 aliphatic carbocycles. The number of phenols is 1. The van der Waals surface area contributed by atoms with Gasteiger partial charge >= 0.3 is 0 Å². The summed E-state index contributed by atoms with van der Waals surface area (Å²) in [7, 11) is 0. The van der Waals surface area contributed by atoms with E-state index in [4.69, 9.17) is 4.42 Å². The fourth-order valence-electron chi connectivity index (χ4n) is 2.36. The second kappa shape index (κ2) is 6.33. The highest BCUT2D eigenvalue weighted by Gasteiger charge is 2.06. The fourth-order valence-corrected chi connectivity index (χ4v) is 3.24. The van der Waals surface area contributed by atoms with Crippen molar-refractivity contribution in [2.24, 2.45) is 0 Å². The number of hydrogen-bond acceptors (Lipinski definition) is 5. The number of aryl methyl sites for hydroxylation is 2. The first-order valence-electron chi connectivity index (χ1n) is 7.24. The van der Waals surface area contributed by atoms with Crippen LogP contribution in [0.3, 0.4) is 0 Å². The Hall–Kier alpha value is -2.86. The number of thiazole rings is 1. The molecule has 2 N–H and O–H groups in total. The zero-order chi connectivity index (χ0) is 17.3. The number of hydrogen-bond donors (Lipinski definition) is 2. The lowest BCUT2D eigenvalue weighted by atomic mass is 10.1. The number of aromatic amines is 1. The lowest BCUT2D eigenvalue weighted by Crippen LogP contribution is -2.20. The molecule has 0 radical (unpaired) electrons. The van der Waals surface area contributed by atoms with Crippen molar-refractivity contribution in [1.29, 1.82) is 0 Å². The van der Waals surface area contributed by atoms with Crippen LogP contribution in [0.4, 0.5) is 0 Å². The maximum atomic E-state index is 12.1. The molecule has 5 nitrogen and oxygen atoms in total. The van der Waals surface area contributed by atoms with Crippen molar-refractivity contribution in [3.05, 3.63) is 72.5 Å². The van der Waals surface area contributed by atoms with Crippen molar-refractivity contribution in [2.45, 2.75) is 13.8 Å². The highest BCUT2D eigenvalue weighted by molar-refractivity contribution is 7.07. The minimum atomic E-state index is -0.305. The van der Waals surface area contributed by atoms with Gasteiger partial charge in [-0.05, 0) is 60.9 Å². The highest BCUT2D eigenvalue weighted by atomic mass is 32.1. The molecule has 24 heavy (non-hydrogen) atoms. The topological polar surface area (TPSA) is 83.3 Å². The van der Waals surface area contributed by atoms with E-state index in [0.29, 0.717) is 9.20 Å². The van der Waals surface area contributed by atoms with Crippen LogP contribution in [0.25, 0.3) is 12.2 Å². The van der Waals surface area contributed by atoms with Crippen LogP contribution in [0.5, 0.6) is 5.75 Å². The summed E-state index contributed by atoms with van der Waals surface area (Å²) in [5, 5.41) is 9.81. The molecular weight excluding hydrogens is 326 g/mol. The highest BCUT2D eigenvalue weighted by Crippen LogP contribution is 2.23. The van der Waals surface area contributed by atoms with Crippen molar-refractivity contribution in [3.63, 3.8) is 0 Å². The summed E-state index contributed by atoms with van der Waals surface area (Å²) in [4.78, 5) is 26.7. The third-order valence-corrected chi connectivity index (χ3v) is 4.48. The zero-order valence-electron chi connectivity index (χ0n) is 13.1. The average Bonchev–Trinajstić information content (AvgIpc) is 3.15. The van der Waals surface area contributed by atoms with Crippen LogP contribution in [-0.2, 0) is 0 Å². The predicted molar refractivity (Wildman–Crippen MR) is 92.8 cm³/mol. The standard InChI is InChI=1S/C18H15NO4S/c1-10-6-12(7-11(2)17(10)21)8-15-18(22)19-16(24-15)9-13(20)14-4-3-5-23-14/h3-9,21H,1-2H3,(H,19,22)/b15-8-,16-9-. The first kappa shape index (κ1) is 16.0. The Morgan fingerprint density at radius 1 is 1.29 bits per heavy atom. The molecule has 6 heteroatoms. The summed E-state index contributed by atoms with van der Waals surface area (Å²) in [5.74, 6) is 0.172. The van der Waals surface area contributed by atoms with Crippen LogP contribution in [-0.4, -0.2) is 15.9 Å². The molecule has 0 aliphatic heterocycles. The van der Waals surface area contributed by atoms with Crippen LogP contribution in [0.2, 0.25) is 0 Å². The van der Waals surface area contributed by atoms with Crippen LogP contribution in [0.15, 0.2) is 39.7 Å². The molecule has 0 aliphatic rings. The summed E-state index contributed by atoms with van der Waals surface area (Å²) in [6.45, 7) is 3.61. The summed E-state index contributed by atoms with van der Waals surface area (Å²) in [6.07, 6.45) is 4.50. The second-order valence-corrected chi connectivity index (χ2v) is 6.50. The van der Waals surface area contributed by atoms with Gasteiger partial charge < -0.3 is 14.5 Å². The van der Waals surface area contributed by atoms with E-state index in [-0.39, 0.29) is 22.9 Å². The lowest BCUT2D eigenvalue weighted by Gasteiger charge is -2.04. The lowest BCUT2D eigenvalue weighted by molar-refractivity contribution is 0.103. The van der Waals surface area contributed by atoms with E-state index in [1.165, 1.54) is 23.7 Å². The first-order chi connectivity index (χ1) is 11.4. The summed E-state index contributed by atoms with van der Waals surface area (Å²) < 4.78 is 5.98. The fraction of sp³-hybridized carbons (Fsp3) is 0.111. The molecule has 0 saturated heterocycles. The molecular formula is C18H15NO4S. The molecule has 2 heterocycles. The van der Waals surface area contributed by atoms with Gasteiger partial charge in [0, 0.05) is 6.08 Å². The molecule has 0 unspecified atom stereocenters. The molecule has 0 fully saturated rings. The van der Waals surface area contributed by atoms with Gasteiger partial charge in [-0.3, -0.25) is 9.59 Å². The van der Waals surface area contributed by atoms with E-state index in [1.807, 2.05) is 0 Å². The molecule has 0 saturated carbocycles. The molecule has 3 rings (SSSR count). The van der Waals surface area contributed by atoms with Gasteiger partial charge in [-0.15, -0.1) is 11.3 Å². The third-order valence-electron chi connectivity index (χ3n) is 3.52. The van der Waals surface area contributed by atoms with Gasteiger partial charge in [-0.25, -0.2) is 0 Å². The third kappa shape index (κ3) is 3.23. The van der Waals surface area contributed by atoms with E-state index in [9.17, 15) is 14.7 Å². The summed E-state index contributed by atoms with van der Waals surface area (Å²) >= 11 is 1.19. The number of rotatable bonds is 3. The molecule has 3 aromatic rings. The Balaban J connectivity index is 2.03. The van der Waals surface area contributed by atoms with Crippen LogP contribution in [0.1, 0.15) is 27.2 Å². The number of phenolic OH excluding ortho intramolecular Hbond substituents is 1. The van der Waals surface area contributed by atoms with Gasteiger partial charge in [-0.2, -0.15) is 0 Å². The molecule has 0 amide bonds. The van der Waals surface area contributed by atoms with Crippen LogP contribution >= 0.6 is 11.3 Å². The molecule has 2 aromatic heterocycles. The maximum Gasteiger partial charge on any atom is 0.266 e. The Kier molecular flexibility index (Phi) is 4.22. The monoisotopic (exact) mass is 341 g/mol. The predicted octanol–water partition coefficient (Wildman–Crippen LogP) is 1.84. The minimum absolute atomic E-state index is 0.222. The van der Waals surface area contributed by atoms with E-state index in [0.717, 1.165) is 16.7 Å². The van der Waals surface area contributed by atoms with Gasteiger partial charge in [0.2, 0.25) is 5.78 Å². The van der Waals surface area contributed by atoms with Crippen LogP contribution < -0.4 is 14.8 Å². The van der Waals surface area contributed by atoms with E-state index < -0.39 is 0 Å². The summed E-state index contributed by atoms with van der Waals surface area (Å²) in [6, 6.07) is 6.81. The molecule has 1 aromatic carbocycles. The molecule has 0 spiro atoms. The zero-order valence-corrected chi connectivity index (χ0v) is 13.9. The SMILES string of the molecule is Cc1cc(/C=c2\s/c(=C\C(=O)c3ccco3)[nH]c2=O)cc(C)c1O. The molecule has 122 valence electrons. The van der Waals surface area contributed by atoms with Gasteiger partial charge in [0.1, 0.15) is 5.75 Å². The van der Waals surface area contributed by atoms with Crippen LogP contribution in [0, 0.1) is 13.8 Å². The van der Waals surface area contributed by atoms with Gasteiger partial charge in [0.15, 0.2) is 5.76 Å². The van der Waals surface area contributed by atoms with Crippen molar-refractivity contribution >= 4 is 29.3 Å². The number of aromatic hydroxyl groups is 1. The largest absolute Gasteiger partial charge is 0.507 e. The normalized spacial score (nSPS) is 12.8. The number of benzene rings is 1. The summed E-state index contributed by atoms with van der Waals surface area (Å²) in [5.41, 5.74) is 2.05. The van der Waals surface area contributed by atoms with E-state index >= 15 is 0 Å². The van der Waals surface area contributed by atoms with Gasteiger partial charge in [0.05, 0.1) is 15.5 Å². The molecule has 0 atom stereocenters. The minimum Gasteiger partial charge on any atom is -0.507 e. The number of furan rings is 1. The van der Waals surface area contributed by atoms with E-state index in [1.54, 1.807) is 44.2 Å². The number of aromatic nitrogens is 1. The quantitative estimate of drug-likeness (QED) is 0.712. The number of ketones is 1. The number of nitrogens with one attached hydrogen (secondary N) is 1. The van der Waals surface area contributed by atoms with Crippen molar-refractivity contribution in [3.8, 4) is 5.75 Å². The van der Waals surface area contributed by atoms with Crippen molar-refractivity contribution < 1.29 is 14.3 Å². The van der Waals surface area contributed by atoms with E-state index in [2.05, 4.69) is 4.98 Å². The Morgan fingerprint density at radius 2 is 2.00 bits per heavy atom. The number of Topliss-reactive ketones (excluding diaryl/α,β-unsaturated/α-hetero) is 1. The number of carbonyl (C=O) groups excluding carboxylic acids is 1. The van der Waals surface area contributed by atoms with Crippen molar-refractivity contribution in [2.75, 3.05) is 0 Å². The first-order valence-corrected chi connectivity index (χ1v) is 8.06. The van der Waals surface area contributed by atoms with Gasteiger partial charge in [0.25, 0.3) is 5.56 Å². The average molecular weight is 341 g/mol. The smallest absolute Gasteiger partial charge is 0.266 e. The number of carbonyl (C=O) groups is 1. The maximum absolute atomic E-state index is 12.1. The Labute approximate surface area is 141 Å². The Morgan fingerprint density at radius 3 is 2.62 bits per heavy atom. The Bertz CT molecular complexity index is 1050. The molecule has 0 bridgehead atoms.